The molecule has 5 heteroatoms. The van der Waals surface area contributed by atoms with Crippen molar-refractivity contribution in [2.75, 3.05) is 24.3 Å². The number of ether oxygens (including phenoxy) is 1. The summed E-state index contributed by atoms with van der Waals surface area (Å²) in [5.41, 5.74) is 7.65. The summed E-state index contributed by atoms with van der Waals surface area (Å²) in [6, 6.07) is 10.7. The lowest BCUT2D eigenvalue weighted by atomic mass is 10.2. The Morgan fingerprint density at radius 2 is 2.14 bits per heavy atom. The molecule has 0 fully saturated rings. The van der Waals surface area contributed by atoms with E-state index in [9.17, 15) is 4.79 Å². The first-order chi connectivity index (χ1) is 10.2. The standard InChI is InChI=1S/C16H19N3O2/c1-3-10-19(13-7-4-6-12(17)11-13)16(20)14-8-5-9-18-15(14)21-2/h4-9,11H,3,10,17H2,1-2H3. The van der Waals surface area contributed by atoms with Crippen molar-refractivity contribution in [3.63, 3.8) is 0 Å². The van der Waals surface area contributed by atoms with Gasteiger partial charge in [0.2, 0.25) is 5.88 Å². The summed E-state index contributed by atoms with van der Waals surface area (Å²) < 4.78 is 5.17. The van der Waals surface area contributed by atoms with E-state index in [4.69, 9.17) is 10.5 Å². The van der Waals surface area contributed by atoms with E-state index in [0.717, 1.165) is 12.1 Å². The molecule has 110 valence electrons. The van der Waals surface area contributed by atoms with Gasteiger partial charge in [0, 0.05) is 24.1 Å². The minimum absolute atomic E-state index is 0.146. The Morgan fingerprint density at radius 3 is 2.81 bits per heavy atom. The number of hydrogen-bond acceptors (Lipinski definition) is 4. The first kappa shape index (κ1) is 14.8. The molecule has 2 rings (SSSR count). The van der Waals surface area contributed by atoms with E-state index in [1.807, 2.05) is 19.1 Å². The lowest BCUT2D eigenvalue weighted by Gasteiger charge is -2.23. The number of methoxy groups -OCH3 is 1. The number of carbonyl (C=O) groups excluding carboxylic acids is 1. The van der Waals surface area contributed by atoms with Crippen LogP contribution in [0.25, 0.3) is 0 Å². The Morgan fingerprint density at radius 1 is 1.33 bits per heavy atom. The molecule has 2 N–H and O–H groups in total. The van der Waals surface area contributed by atoms with Crippen LogP contribution in [-0.4, -0.2) is 24.5 Å². The first-order valence-corrected chi connectivity index (χ1v) is 6.83. The molecule has 1 amide bonds. The van der Waals surface area contributed by atoms with E-state index in [2.05, 4.69) is 4.98 Å². The predicted octanol–water partition coefficient (Wildman–Crippen LogP) is 2.73. The van der Waals surface area contributed by atoms with Gasteiger partial charge in [0.25, 0.3) is 5.91 Å². The highest BCUT2D eigenvalue weighted by atomic mass is 16.5. The van der Waals surface area contributed by atoms with E-state index in [-0.39, 0.29) is 5.91 Å². The molecular weight excluding hydrogens is 266 g/mol. The van der Waals surface area contributed by atoms with Crippen LogP contribution in [0.5, 0.6) is 5.88 Å². The number of hydrogen-bond donors (Lipinski definition) is 1. The number of rotatable bonds is 5. The van der Waals surface area contributed by atoms with Crippen molar-refractivity contribution < 1.29 is 9.53 Å². The molecule has 1 aromatic heterocycles. The molecule has 1 aromatic carbocycles. The van der Waals surface area contributed by atoms with Crippen LogP contribution in [0.3, 0.4) is 0 Å². The maximum Gasteiger partial charge on any atom is 0.263 e. The number of anilines is 2. The number of nitrogens with zero attached hydrogens (tertiary/aromatic N) is 2. The van der Waals surface area contributed by atoms with Crippen LogP contribution in [0, 0.1) is 0 Å². The Labute approximate surface area is 124 Å². The average molecular weight is 285 g/mol. The molecule has 0 aliphatic heterocycles. The maximum absolute atomic E-state index is 12.8. The second-order valence-corrected chi connectivity index (χ2v) is 4.61. The molecule has 1 heterocycles. The molecule has 2 aromatic rings. The first-order valence-electron chi connectivity index (χ1n) is 6.83. The van der Waals surface area contributed by atoms with Crippen molar-refractivity contribution in [1.82, 2.24) is 4.98 Å². The molecule has 0 radical (unpaired) electrons. The highest BCUT2D eigenvalue weighted by molar-refractivity contribution is 6.07. The topological polar surface area (TPSA) is 68.5 Å². The van der Waals surface area contributed by atoms with Gasteiger partial charge in [0.05, 0.1) is 7.11 Å². The van der Waals surface area contributed by atoms with Crippen molar-refractivity contribution in [2.24, 2.45) is 0 Å². The summed E-state index contributed by atoms with van der Waals surface area (Å²) >= 11 is 0. The molecule has 0 aliphatic rings. The quantitative estimate of drug-likeness (QED) is 0.858. The largest absolute Gasteiger partial charge is 0.480 e. The normalized spacial score (nSPS) is 10.2. The van der Waals surface area contributed by atoms with Crippen LogP contribution in [0.4, 0.5) is 11.4 Å². The fourth-order valence-corrected chi connectivity index (χ4v) is 2.13. The summed E-state index contributed by atoms with van der Waals surface area (Å²) in [6.45, 7) is 2.62. The molecule has 0 bridgehead atoms. The number of pyridine rings is 1. The molecule has 21 heavy (non-hydrogen) atoms. The molecule has 0 unspecified atom stereocenters. The van der Waals surface area contributed by atoms with Crippen LogP contribution in [0.15, 0.2) is 42.6 Å². The SMILES string of the molecule is CCCN(C(=O)c1cccnc1OC)c1cccc(N)c1. The zero-order valence-corrected chi connectivity index (χ0v) is 12.2. The number of nitrogens with two attached hydrogens (primary N) is 1. The van der Waals surface area contributed by atoms with Crippen molar-refractivity contribution >= 4 is 17.3 Å². The minimum atomic E-state index is -0.146. The number of nitrogen functional groups attached to an aromatic ring is 1. The van der Waals surface area contributed by atoms with Gasteiger partial charge in [0.1, 0.15) is 5.56 Å². The van der Waals surface area contributed by atoms with Gasteiger partial charge < -0.3 is 15.4 Å². The van der Waals surface area contributed by atoms with Crippen molar-refractivity contribution in [1.29, 1.82) is 0 Å². The van der Waals surface area contributed by atoms with Crippen LogP contribution in [0.1, 0.15) is 23.7 Å². The zero-order chi connectivity index (χ0) is 15.2. The van der Waals surface area contributed by atoms with Crippen molar-refractivity contribution in [3.05, 3.63) is 48.2 Å². The summed E-state index contributed by atoms with van der Waals surface area (Å²) in [4.78, 5) is 18.6. The fraction of sp³-hybridized carbons (Fsp3) is 0.250. The van der Waals surface area contributed by atoms with Crippen LogP contribution in [0.2, 0.25) is 0 Å². The Bertz CT molecular complexity index is 628. The van der Waals surface area contributed by atoms with Gasteiger partial charge in [-0.1, -0.05) is 13.0 Å². The zero-order valence-electron chi connectivity index (χ0n) is 12.2. The third-order valence-electron chi connectivity index (χ3n) is 3.07. The number of aromatic nitrogens is 1. The lowest BCUT2D eigenvalue weighted by molar-refractivity contribution is 0.0983. The smallest absolute Gasteiger partial charge is 0.263 e. The lowest BCUT2D eigenvalue weighted by Crippen LogP contribution is -2.32. The van der Waals surface area contributed by atoms with Gasteiger partial charge in [0.15, 0.2) is 0 Å². The van der Waals surface area contributed by atoms with Gasteiger partial charge in [-0.25, -0.2) is 4.98 Å². The second kappa shape index (κ2) is 6.74. The van der Waals surface area contributed by atoms with Gasteiger partial charge in [-0.05, 0) is 36.8 Å². The van der Waals surface area contributed by atoms with Gasteiger partial charge in [-0.3, -0.25) is 4.79 Å². The monoisotopic (exact) mass is 285 g/mol. The molecular formula is C16H19N3O2. The summed E-state index contributed by atoms with van der Waals surface area (Å²) in [5, 5.41) is 0. The molecule has 0 saturated heterocycles. The fourth-order valence-electron chi connectivity index (χ4n) is 2.13. The van der Waals surface area contributed by atoms with E-state index >= 15 is 0 Å². The van der Waals surface area contributed by atoms with Crippen LogP contribution >= 0.6 is 0 Å². The average Bonchev–Trinajstić information content (AvgIpc) is 2.52. The summed E-state index contributed by atoms with van der Waals surface area (Å²) in [5.74, 6) is 0.180. The number of carbonyl (C=O) groups is 1. The second-order valence-electron chi connectivity index (χ2n) is 4.61. The molecule has 0 aliphatic carbocycles. The summed E-state index contributed by atoms with van der Waals surface area (Å²) in [7, 11) is 1.50. The van der Waals surface area contributed by atoms with Gasteiger partial charge >= 0.3 is 0 Å². The van der Waals surface area contributed by atoms with Gasteiger partial charge in [-0.2, -0.15) is 0 Å². The Hall–Kier alpha value is -2.56. The molecule has 5 nitrogen and oxygen atoms in total. The highest BCUT2D eigenvalue weighted by Gasteiger charge is 2.21. The van der Waals surface area contributed by atoms with Crippen molar-refractivity contribution in [2.45, 2.75) is 13.3 Å². The van der Waals surface area contributed by atoms with E-state index in [1.54, 1.807) is 35.4 Å². The summed E-state index contributed by atoms with van der Waals surface area (Å²) in [6.07, 6.45) is 2.43. The Kier molecular flexibility index (Phi) is 4.77. The molecule has 0 atom stereocenters. The van der Waals surface area contributed by atoms with Gasteiger partial charge in [-0.15, -0.1) is 0 Å². The van der Waals surface area contributed by atoms with E-state index in [0.29, 0.717) is 23.7 Å². The van der Waals surface area contributed by atoms with Crippen LogP contribution in [-0.2, 0) is 0 Å². The minimum Gasteiger partial charge on any atom is -0.480 e. The third kappa shape index (κ3) is 3.31. The predicted molar refractivity (Wildman–Crippen MR) is 83.6 cm³/mol. The van der Waals surface area contributed by atoms with Crippen LogP contribution < -0.4 is 15.4 Å². The Balaban J connectivity index is 2.40. The van der Waals surface area contributed by atoms with Crippen molar-refractivity contribution in [3.8, 4) is 5.88 Å². The number of amides is 1. The van der Waals surface area contributed by atoms with E-state index in [1.165, 1.54) is 7.11 Å². The number of benzene rings is 1. The highest BCUT2D eigenvalue weighted by Crippen LogP contribution is 2.23. The third-order valence-corrected chi connectivity index (χ3v) is 3.07. The molecule has 0 spiro atoms. The van der Waals surface area contributed by atoms with E-state index < -0.39 is 0 Å². The maximum atomic E-state index is 12.8. The molecule has 0 saturated carbocycles.